The summed E-state index contributed by atoms with van der Waals surface area (Å²) in [5.41, 5.74) is 8.52. The number of ether oxygens (including phenoxy) is 2. The molecule has 3 fully saturated rings. The smallest absolute Gasteiger partial charge is 0.407 e. The van der Waals surface area contributed by atoms with Crippen LogP contribution in [0.4, 0.5) is 27.8 Å². The third kappa shape index (κ3) is 5.00. The number of carbonyl (C=O) groups is 2. The highest BCUT2D eigenvalue weighted by Crippen LogP contribution is 2.35. The minimum atomic E-state index is -0.945. The van der Waals surface area contributed by atoms with Gasteiger partial charge >= 0.3 is 6.09 Å². The number of aromatic nitrogens is 2. The first-order valence-electron chi connectivity index (χ1n) is 12.1. The van der Waals surface area contributed by atoms with Gasteiger partial charge in [0.15, 0.2) is 17.3 Å². The number of rotatable bonds is 6. The molecule has 192 valence electrons. The Balaban J connectivity index is 1.28. The van der Waals surface area contributed by atoms with Gasteiger partial charge in [-0.3, -0.25) is 4.79 Å². The zero-order valence-corrected chi connectivity index (χ0v) is 20.2. The standard InChI is InChI=1S/C24H31N7O5/c1-15-12-16(2-3-18(15)30-8-5-24(6-9-30)35-10-11-36-24)28-22-20(21(25)32)26-13-19(29-22)27-17-4-7-31(14-17)23(33)34/h2-3,12-13,17H,4-11,14H2,1H3,(H2,25,32)(H,33,34)(H2,27,28,29)/t17-/m1/s1. The van der Waals surface area contributed by atoms with Crippen molar-refractivity contribution < 1.29 is 24.2 Å². The second kappa shape index (κ2) is 9.78. The third-order valence-corrected chi connectivity index (χ3v) is 6.96. The number of nitrogens with one attached hydrogen (secondary N) is 2. The van der Waals surface area contributed by atoms with E-state index in [2.05, 4.69) is 25.5 Å². The molecule has 0 bridgehead atoms. The molecular formula is C24H31N7O5. The summed E-state index contributed by atoms with van der Waals surface area (Å²) in [7, 11) is 0. The lowest BCUT2D eigenvalue weighted by Crippen LogP contribution is -2.45. The lowest BCUT2D eigenvalue weighted by Gasteiger charge is -2.39. The maximum absolute atomic E-state index is 12.0. The molecule has 5 N–H and O–H groups in total. The highest BCUT2D eigenvalue weighted by atomic mass is 16.7. The maximum Gasteiger partial charge on any atom is 0.407 e. The molecule has 2 amide bonds. The molecule has 12 nitrogen and oxygen atoms in total. The molecule has 0 aliphatic carbocycles. The van der Waals surface area contributed by atoms with Crippen molar-refractivity contribution in [2.75, 3.05) is 54.9 Å². The number of carbonyl (C=O) groups excluding carboxylic acids is 1. The first-order valence-corrected chi connectivity index (χ1v) is 12.1. The summed E-state index contributed by atoms with van der Waals surface area (Å²) in [5.74, 6) is -0.435. The number of nitrogens with two attached hydrogens (primary N) is 1. The summed E-state index contributed by atoms with van der Waals surface area (Å²) < 4.78 is 11.7. The number of aryl methyl sites for hydroxylation is 1. The van der Waals surface area contributed by atoms with Gasteiger partial charge in [0.2, 0.25) is 0 Å². The van der Waals surface area contributed by atoms with E-state index >= 15 is 0 Å². The van der Waals surface area contributed by atoms with Crippen molar-refractivity contribution in [2.45, 2.75) is 38.0 Å². The van der Waals surface area contributed by atoms with E-state index in [0.717, 1.165) is 42.9 Å². The lowest BCUT2D eigenvalue weighted by atomic mass is 10.0. The Labute approximate surface area is 208 Å². The van der Waals surface area contributed by atoms with Gasteiger partial charge in [-0.25, -0.2) is 14.8 Å². The number of anilines is 4. The van der Waals surface area contributed by atoms with Crippen molar-refractivity contribution in [3.63, 3.8) is 0 Å². The van der Waals surface area contributed by atoms with Gasteiger partial charge in [-0.15, -0.1) is 0 Å². The van der Waals surface area contributed by atoms with E-state index in [9.17, 15) is 14.7 Å². The Bertz CT molecular complexity index is 1140. The molecule has 4 heterocycles. The maximum atomic E-state index is 12.0. The number of piperidine rings is 1. The minimum Gasteiger partial charge on any atom is -0.465 e. The van der Waals surface area contributed by atoms with Gasteiger partial charge in [0, 0.05) is 56.4 Å². The van der Waals surface area contributed by atoms with Crippen LogP contribution in [0.3, 0.4) is 0 Å². The van der Waals surface area contributed by atoms with Gasteiger partial charge in [-0.1, -0.05) is 0 Å². The lowest BCUT2D eigenvalue weighted by molar-refractivity contribution is -0.169. The molecule has 3 aliphatic heterocycles. The van der Waals surface area contributed by atoms with Gasteiger partial charge < -0.3 is 40.7 Å². The van der Waals surface area contributed by atoms with Crippen LogP contribution in [-0.4, -0.2) is 83.2 Å². The predicted octanol–water partition coefficient (Wildman–Crippen LogP) is 2.14. The molecule has 36 heavy (non-hydrogen) atoms. The van der Waals surface area contributed by atoms with E-state index in [-0.39, 0.29) is 17.6 Å². The molecule has 5 rings (SSSR count). The molecule has 0 unspecified atom stereocenters. The van der Waals surface area contributed by atoms with Crippen molar-refractivity contribution in [1.82, 2.24) is 14.9 Å². The molecular weight excluding hydrogens is 466 g/mol. The Hall–Kier alpha value is -3.64. The zero-order valence-electron chi connectivity index (χ0n) is 20.2. The van der Waals surface area contributed by atoms with Crippen LogP contribution < -0.4 is 21.3 Å². The van der Waals surface area contributed by atoms with Crippen LogP contribution in [0.15, 0.2) is 24.4 Å². The quantitative estimate of drug-likeness (QED) is 0.466. The molecule has 1 spiro atoms. The number of hydrogen-bond donors (Lipinski definition) is 4. The molecule has 1 atom stereocenters. The first-order chi connectivity index (χ1) is 17.3. The summed E-state index contributed by atoms with van der Waals surface area (Å²) in [6, 6.07) is 5.89. The number of carboxylic acid groups (broad SMARTS) is 1. The van der Waals surface area contributed by atoms with Gasteiger partial charge in [0.25, 0.3) is 5.91 Å². The average molecular weight is 498 g/mol. The Kier molecular flexibility index (Phi) is 6.54. The predicted molar refractivity (Wildman–Crippen MR) is 133 cm³/mol. The average Bonchev–Trinajstić information content (AvgIpc) is 3.50. The normalized spacial score (nSPS) is 21.1. The Morgan fingerprint density at radius 2 is 1.94 bits per heavy atom. The van der Waals surface area contributed by atoms with E-state index in [1.165, 1.54) is 11.1 Å². The van der Waals surface area contributed by atoms with Crippen molar-refractivity contribution in [3.05, 3.63) is 35.7 Å². The summed E-state index contributed by atoms with van der Waals surface area (Å²) in [5, 5.41) is 15.6. The fourth-order valence-electron chi connectivity index (χ4n) is 5.09. The topological polar surface area (TPSA) is 155 Å². The molecule has 0 radical (unpaired) electrons. The number of amides is 2. The summed E-state index contributed by atoms with van der Waals surface area (Å²) >= 11 is 0. The number of likely N-dealkylation sites (tertiary alicyclic amines) is 1. The zero-order chi connectivity index (χ0) is 25.3. The van der Waals surface area contributed by atoms with Gasteiger partial charge in [-0.05, 0) is 37.1 Å². The summed E-state index contributed by atoms with van der Waals surface area (Å²) in [6.45, 7) is 5.86. The Morgan fingerprint density at radius 3 is 2.58 bits per heavy atom. The third-order valence-electron chi connectivity index (χ3n) is 6.96. The molecule has 1 aromatic heterocycles. The molecule has 3 saturated heterocycles. The van der Waals surface area contributed by atoms with Gasteiger partial charge in [-0.2, -0.15) is 0 Å². The summed E-state index contributed by atoms with van der Waals surface area (Å²) in [4.78, 5) is 35.6. The van der Waals surface area contributed by atoms with Crippen LogP contribution in [0.1, 0.15) is 35.3 Å². The van der Waals surface area contributed by atoms with E-state index in [0.29, 0.717) is 38.5 Å². The fraction of sp³-hybridized carbons (Fsp3) is 0.500. The van der Waals surface area contributed by atoms with Gasteiger partial charge in [0.05, 0.1) is 19.4 Å². The monoisotopic (exact) mass is 497 g/mol. The van der Waals surface area contributed by atoms with Crippen molar-refractivity contribution in [2.24, 2.45) is 5.73 Å². The van der Waals surface area contributed by atoms with Crippen molar-refractivity contribution >= 4 is 35.0 Å². The summed E-state index contributed by atoms with van der Waals surface area (Å²) in [6.07, 6.45) is 2.80. The number of nitrogens with zero attached hydrogens (tertiary/aromatic N) is 4. The van der Waals surface area contributed by atoms with Crippen molar-refractivity contribution in [1.29, 1.82) is 0 Å². The van der Waals surface area contributed by atoms with E-state index < -0.39 is 17.8 Å². The second-order valence-electron chi connectivity index (χ2n) is 9.40. The largest absolute Gasteiger partial charge is 0.465 e. The first kappa shape index (κ1) is 24.1. The number of primary amides is 1. The second-order valence-corrected chi connectivity index (χ2v) is 9.40. The molecule has 2 aromatic rings. The molecule has 12 heteroatoms. The van der Waals surface area contributed by atoms with Crippen LogP contribution >= 0.6 is 0 Å². The molecule has 3 aliphatic rings. The van der Waals surface area contributed by atoms with E-state index in [4.69, 9.17) is 15.2 Å². The van der Waals surface area contributed by atoms with Crippen molar-refractivity contribution in [3.8, 4) is 0 Å². The number of benzene rings is 1. The molecule has 1 aromatic carbocycles. The van der Waals surface area contributed by atoms with Gasteiger partial charge in [0.1, 0.15) is 5.82 Å². The van der Waals surface area contributed by atoms with Crippen LogP contribution in [0.2, 0.25) is 0 Å². The van der Waals surface area contributed by atoms with Crippen LogP contribution in [0.5, 0.6) is 0 Å². The Morgan fingerprint density at radius 1 is 1.19 bits per heavy atom. The van der Waals surface area contributed by atoms with E-state index in [1.54, 1.807) is 0 Å². The SMILES string of the molecule is Cc1cc(Nc2nc(N[C@@H]3CCN(C(=O)O)C3)cnc2C(N)=O)ccc1N1CCC2(CC1)OCCO2. The fourth-order valence-corrected chi connectivity index (χ4v) is 5.09. The van der Waals surface area contributed by atoms with E-state index in [1.807, 2.05) is 25.1 Å². The number of hydrogen-bond acceptors (Lipinski definition) is 9. The van der Waals surface area contributed by atoms with Crippen LogP contribution in [0, 0.1) is 6.92 Å². The molecule has 0 saturated carbocycles. The highest BCUT2D eigenvalue weighted by Gasteiger charge is 2.40. The highest BCUT2D eigenvalue weighted by molar-refractivity contribution is 5.96. The minimum absolute atomic E-state index is 0.0266. The van der Waals surface area contributed by atoms with Crippen LogP contribution in [-0.2, 0) is 9.47 Å². The van der Waals surface area contributed by atoms with Crippen LogP contribution in [0.25, 0.3) is 0 Å².